The Morgan fingerprint density at radius 3 is 2.33 bits per heavy atom. The van der Waals surface area contributed by atoms with Gasteiger partial charge in [0.15, 0.2) is 0 Å². The van der Waals surface area contributed by atoms with Gasteiger partial charge in [-0.25, -0.2) is 4.79 Å². The Hall–Kier alpha value is -1.45. The van der Waals surface area contributed by atoms with Gasteiger partial charge in [0.05, 0.1) is 5.56 Å². The van der Waals surface area contributed by atoms with E-state index in [1.165, 1.54) is 12.1 Å². The third kappa shape index (κ3) is 2.30. The molecule has 0 N–H and O–H groups in total. The third-order valence-corrected chi connectivity index (χ3v) is 1.21. The topological polar surface area (TPSA) is 26.3 Å². The number of benzene rings is 1. The first-order chi connectivity index (χ1) is 5.70. The summed E-state index contributed by atoms with van der Waals surface area (Å²) in [6.45, 7) is -3.06. The van der Waals surface area contributed by atoms with Gasteiger partial charge in [0, 0.05) is 0 Å². The van der Waals surface area contributed by atoms with Crippen molar-refractivity contribution >= 4 is 5.97 Å². The van der Waals surface area contributed by atoms with Crippen LogP contribution in [0.25, 0.3) is 0 Å². The molecule has 0 unspecified atom stereocenters. The van der Waals surface area contributed by atoms with Crippen LogP contribution >= 0.6 is 0 Å². The second-order valence-electron chi connectivity index (χ2n) is 2.03. The molecule has 0 aliphatic carbocycles. The van der Waals surface area contributed by atoms with Crippen LogP contribution < -0.4 is 0 Å². The van der Waals surface area contributed by atoms with Crippen molar-refractivity contribution in [3.05, 3.63) is 35.9 Å². The fourth-order valence-electron chi connectivity index (χ4n) is 0.723. The van der Waals surface area contributed by atoms with Gasteiger partial charge in [0.25, 0.3) is 0 Å². The van der Waals surface area contributed by atoms with E-state index < -0.39 is 12.6 Å². The Balaban J connectivity index is 2.66. The maximum absolute atomic E-state index is 11.5. The quantitative estimate of drug-likeness (QED) is 0.638. The summed E-state index contributed by atoms with van der Waals surface area (Å²) < 4.78 is 26.7. The monoisotopic (exact) mass is 172 g/mol. The van der Waals surface area contributed by atoms with Crippen molar-refractivity contribution in [2.24, 2.45) is 0 Å². The summed E-state index contributed by atoms with van der Waals surface area (Å²) in [6.07, 6.45) is 0. The zero-order valence-corrected chi connectivity index (χ0v) is 6.04. The van der Waals surface area contributed by atoms with Gasteiger partial charge in [0.1, 0.15) is 0 Å². The first-order valence-electron chi connectivity index (χ1n) is 3.24. The summed E-state index contributed by atoms with van der Waals surface area (Å²) in [7, 11) is 0. The number of carbonyl (C=O) groups is 1. The number of hydrogen-bond acceptors (Lipinski definition) is 2. The SMILES string of the molecule is O=C(OC(F)F)c1ccccc1. The first-order valence-corrected chi connectivity index (χ1v) is 3.24. The van der Waals surface area contributed by atoms with Gasteiger partial charge in [-0.3, -0.25) is 0 Å². The number of carbonyl (C=O) groups excluding carboxylic acids is 1. The van der Waals surface area contributed by atoms with E-state index in [2.05, 4.69) is 4.74 Å². The molecule has 0 bridgehead atoms. The molecule has 0 radical (unpaired) electrons. The molecule has 4 heteroatoms. The van der Waals surface area contributed by atoms with Gasteiger partial charge in [0.2, 0.25) is 0 Å². The lowest BCUT2D eigenvalue weighted by atomic mass is 10.2. The number of ether oxygens (including phenoxy) is 1. The molecule has 0 aliphatic rings. The van der Waals surface area contributed by atoms with Gasteiger partial charge >= 0.3 is 12.6 Å². The van der Waals surface area contributed by atoms with Crippen LogP contribution in [0.2, 0.25) is 0 Å². The zero-order chi connectivity index (χ0) is 8.97. The highest BCUT2D eigenvalue weighted by Crippen LogP contribution is 2.04. The molecule has 0 fully saturated rings. The van der Waals surface area contributed by atoms with Crippen LogP contribution in [0, 0.1) is 0 Å². The highest BCUT2D eigenvalue weighted by molar-refractivity contribution is 5.89. The van der Waals surface area contributed by atoms with Crippen LogP contribution in [-0.4, -0.2) is 12.6 Å². The van der Waals surface area contributed by atoms with Gasteiger partial charge in [-0.15, -0.1) is 0 Å². The largest absolute Gasteiger partial charge is 0.399 e. The van der Waals surface area contributed by atoms with E-state index in [0.29, 0.717) is 0 Å². The molecule has 1 aromatic rings. The number of halogens is 2. The van der Waals surface area contributed by atoms with E-state index in [4.69, 9.17) is 0 Å². The lowest BCUT2D eigenvalue weighted by molar-refractivity contribution is -0.0906. The maximum Gasteiger partial charge on any atom is 0.389 e. The van der Waals surface area contributed by atoms with Crippen molar-refractivity contribution in [3.63, 3.8) is 0 Å². The van der Waals surface area contributed by atoms with E-state index in [1.807, 2.05) is 0 Å². The molecule has 0 amide bonds. The molecule has 0 atom stereocenters. The Bertz CT molecular complexity index is 259. The second kappa shape index (κ2) is 3.80. The summed E-state index contributed by atoms with van der Waals surface area (Å²) in [5, 5.41) is 0. The van der Waals surface area contributed by atoms with Crippen LogP contribution in [-0.2, 0) is 4.74 Å². The van der Waals surface area contributed by atoms with Crippen molar-refractivity contribution in [1.29, 1.82) is 0 Å². The summed E-state index contributed by atoms with van der Waals surface area (Å²) in [4.78, 5) is 10.8. The average molecular weight is 172 g/mol. The summed E-state index contributed by atoms with van der Waals surface area (Å²) in [6, 6.07) is 7.64. The predicted molar refractivity (Wildman–Crippen MR) is 37.9 cm³/mol. The average Bonchev–Trinajstić information content (AvgIpc) is 2.05. The standard InChI is InChI=1S/C8H6F2O2/c9-8(10)12-7(11)6-4-2-1-3-5-6/h1-5,8H. The highest BCUT2D eigenvalue weighted by Gasteiger charge is 2.11. The van der Waals surface area contributed by atoms with Crippen LogP contribution in [0.4, 0.5) is 8.78 Å². The smallest absolute Gasteiger partial charge is 0.389 e. The summed E-state index contributed by atoms with van der Waals surface area (Å²) >= 11 is 0. The molecule has 0 heterocycles. The maximum atomic E-state index is 11.5. The Labute approximate surface area is 67.8 Å². The van der Waals surface area contributed by atoms with Gasteiger partial charge in [-0.2, -0.15) is 8.78 Å². The molecule has 2 nitrogen and oxygen atoms in total. The van der Waals surface area contributed by atoms with Crippen LogP contribution in [0.15, 0.2) is 30.3 Å². The molecule has 0 aromatic heterocycles. The number of rotatable bonds is 2. The Morgan fingerprint density at radius 1 is 1.25 bits per heavy atom. The number of alkyl halides is 2. The van der Waals surface area contributed by atoms with E-state index >= 15 is 0 Å². The van der Waals surface area contributed by atoms with Gasteiger partial charge < -0.3 is 4.74 Å². The molecular weight excluding hydrogens is 166 g/mol. The van der Waals surface area contributed by atoms with Gasteiger partial charge in [-0.05, 0) is 12.1 Å². The van der Waals surface area contributed by atoms with Crippen LogP contribution in [0.5, 0.6) is 0 Å². The molecule has 1 rings (SSSR count). The molecule has 0 spiro atoms. The fourth-order valence-corrected chi connectivity index (χ4v) is 0.723. The minimum atomic E-state index is -3.06. The number of hydrogen-bond donors (Lipinski definition) is 0. The molecular formula is C8H6F2O2. The summed E-state index contributed by atoms with van der Waals surface area (Å²) in [5.74, 6) is -1.01. The highest BCUT2D eigenvalue weighted by atomic mass is 19.3. The third-order valence-electron chi connectivity index (χ3n) is 1.21. The Kier molecular flexibility index (Phi) is 2.74. The molecule has 1 aromatic carbocycles. The van der Waals surface area contributed by atoms with Crippen LogP contribution in [0.3, 0.4) is 0 Å². The fraction of sp³-hybridized carbons (Fsp3) is 0.125. The van der Waals surface area contributed by atoms with Crippen molar-refractivity contribution < 1.29 is 18.3 Å². The number of esters is 1. The summed E-state index contributed by atoms with van der Waals surface area (Å²) in [5.41, 5.74) is 0.123. The normalized spacial score (nSPS) is 9.92. The molecule has 12 heavy (non-hydrogen) atoms. The molecule has 0 saturated heterocycles. The van der Waals surface area contributed by atoms with E-state index in [-0.39, 0.29) is 5.56 Å². The molecule has 0 saturated carbocycles. The molecule has 64 valence electrons. The molecule has 0 aliphatic heterocycles. The van der Waals surface area contributed by atoms with Crippen molar-refractivity contribution in [2.75, 3.05) is 0 Å². The second-order valence-corrected chi connectivity index (χ2v) is 2.03. The minimum absolute atomic E-state index is 0.123. The lowest BCUT2D eigenvalue weighted by Gasteiger charge is -2.01. The minimum Gasteiger partial charge on any atom is -0.399 e. The predicted octanol–water partition coefficient (Wildman–Crippen LogP) is 2.07. The lowest BCUT2D eigenvalue weighted by Crippen LogP contribution is -2.09. The van der Waals surface area contributed by atoms with E-state index in [9.17, 15) is 13.6 Å². The van der Waals surface area contributed by atoms with Crippen molar-refractivity contribution in [3.8, 4) is 0 Å². The van der Waals surface area contributed by atoms with Crippen LogP contribution in [0.1, 0.15) is 10.4 Å². The zero-order valence-electron chi connectivity index (χ0n) is 6.04. The van der Waals surface area contributed by atoms with E-state index in [1.54, 1.807) is 18.2 Å². The Morgan fingerprint density at radius 2 is 1.83 bits per heavy atom. The van der Waals surface area contributed by atoms with E-state index in [0.717, 1.165) is 0 Å². The van der Waals surface area contributed by atoms with Gasteiger partial charge in [-0.1, -0.05) is 18.2 Å². The van der Waals surface area contributed by atoms with Crippen molar-refractivity contribution in [1.82, 2.24) is 0 Å². The first kappa shape index (κ1) is 8.64. The van der Waals surface area contributed by atoms with Crippen molar-refractivity contribution in [2.45, 2.75) is 6.61 Å².